The smallest absolute Gasteiger partial charge is 0.403 e. The Kier molecular flexibility index (Phi) is 7.14. The lowest BCUT2D eigenvalue weighted by atomic mass is 9.53. The molecule has 0 aromatic heterocycles. The summed E-state index contributed by atoms with van der Waals surface area (Å²) in [7, 11) is -0.115. The van der Waals surface area contributed by atoms with Crippen LogP contribution in [0.4, 0.5) is 0 Å². The van der Waals surface area contributed by atoms with Gasteiger partial charge in [-0.1, -0.05) is 96.6 Å². The second kappa shape index (κ2) is 11.1. The van der Waals surface area contributed by atoms with Crippen LogP contribution in [0.15, 0.2) is 82.0 Å². The van der Waals surface area contributed by atoms with E-state index in [1.165, 1.54) is 89.0 Å². The highest BCUT2D eigenvalue weighted by molar-refractivity contribution is 6.45. The normalized spacial score (nSPS) is 44.4. The lowest BCUT2D eigenvalue weighted by molar-refractivity contribution is 0.00578. The van der Waals surface area contributed by atoms with E-state index in [9.17, 15) is 0 Å². The predicted molar refractivity (Wildman–Crippen MR) is 197 cm³/mol. The maximum Gasteiger partial charge on any atom is 0.458 e. The van der Waals surface area contributed by atoms with Gasteiger partial charge in [0.05, 0.1) is 11.2 Å². The Hall–Kier alpha value is -1.84. The molecule has 10 unspecified atom stereocenters. The van der Waals surface area contributed by atoms with Crippen molar-refractivity contribution in [2.45, 2.75) is 135 Å². The molecule has 1 aliphatic heterocycles. The standard InChI is InChI=1S/C45H59BO2/c1-43(2)44(3,4)48-46(47-43)24-23-28-21-22-41-37(25-28)33-17-9-11-19-39(33)45(41)40-20-12-10-18-34(40)38-26-35-31-15-7-5-13-29(31)30-14-6-8-16-32(30)36(35)27-42(38)45/h9,11,17,19,21-22,25-26,30,32-34,37,39-42H,5-8,10,12-16,18,20,23-24,27H2,1-4H3. The minimum Gasteiger partial charge on any atom is -0.403 e. The Balaban J connectivity index is 1.03. The van der Waals surface area contributed by atoms with Crippen LogP contribution >= 0.6 is 0 Å². The molecule has 1 saturated heterocycles. The van der Waals surface area contributed by atoms with E-state index in [0.717, 1.165) is 42.3 Å². The molecule has 5 fully saturated rings. The lowest BCUT2D eigenvalue weighted by Crippen LogP contribution is -2.44. The fourth-order valence-corrected chi connectivity index (χ4v) is 14.1. The number of fused-ring (bicyclic) bond motifs is 14. The fourth-order valence-electron chi connectivity index (χ4n) is 14.1. The van der Waals surface area contributed by atoms with Gasteiger partial charge in [-0.15, -0.1) is 0 Å². The van der Waals surface area contributed by atoms with Crippen LogP contribution in [0, 0.1) is 58.7 Å². The maximum absolute atomic E-state index is 6.43. The van der Waals surface area contributed by atoms with E-state index >= 15 is 0 Å². The van der Waals surface area contributed by atoms with Gasteiger partial charge in [-0.2, -0.15) is 0 Å². The molecular weight excluding hydrogens is 583 g/mol. The van der Waals surface area contributed by atoms with Gasteiger partial charge in [0.2, 0.25) is 0 Å². The Morgan fingerprint density at radius 3 is 2.23 bits per heavy atom. The van der Waals surface area contributed by atoms with E-state index in [0.29, 0.717) is 29.1 Å². The number of allylic oxidation sites excluding steroid dienone is 14. The minimum absolute atomic E-state index is 0.115. The molecule has 3 heteroatoms. The predicted octanol–water partition coefficient (Wildman–Crippen LogP) is 11.3. The number of hydrogen-bond donors (Lipinski definition) is 0. The third kappa shape index (κ3) is 4.25. The van der Waals surface area contributed by atoms with Crippen molar-refractivity contribution < 1.29 is 9.31 Å². The molecule has 10 atom stereocenters. The zero-order valence-electron chi connectivity index (χ0n) is 30.3. The van der Waals surface area contributed by atoms with Gasteiger partial charge < -0.3 is 9.31 Å². The summed E-state index contributed by atoms with van der Waals surface area (Å²) in [6.07, 6.45) is 41.7. The Morgan fingerprint density at radius 1 is 0.729 bits per heavy atom. The molecule has 10 rings (SSSR count). The fraction of sp³-hybridized carbons (Fsp3) is 0.689. The van der Waals surface area contributed by atoms with Gasteiger partial charge in [0.1, 0.15) is 0 Å². The molecule has 1 spiro atoms. The molecule has 0 bridgehead atoms. The average Bonchev–Trinajstić information content (AvgIpc) is 3.64. The van der Waals surface area contributed by atoms with Crippen molar-refractivity contribution >= 4 is 7.12 Å². The van der Waals surface area contributed by atoms with E-state index in [1.54, 1.807) is 5.57 Å². The summed E-state index contributed by atoms with van der Waals surface area (Å²) in [5, 5.41) is 0. The molecular formula is C45H59BO2. The van der Waals surface area contributed by atoms with Crippen LogP contribution in [0.1, 0.15) is 118 Å². The van der Waals surface area contributed by atoms with Gasteiger partial charge in [0, 0.05) is 0 Å². The number of hydrogen-bond acceptors (Lipinski definition) is 2. The first-order valence-electron chi connectivity index (χ1n) is 20.5. The van der Waals surface area contributed by atoms with Crippen molar-refractivity contribution in [2.24, 2.45) is 58.7 Å². The molecule has 2 nitrogen and oxygen atoms in total. The van der Waals surface area contributed by atoms with Crippen molar-refractivity contribution in [1.29, 1.82) is 0 Å². The van der Waals surface area contributed by atoms with Crippen molar-refractivity contribution in [1.82, 2.24) is 0 Å². The number of rotatable bonds is 3. The molecule has 0 N–H and O–H groups in total. The van der Waals surface area contributed by atoms with Gasteiger partial charge in [-0.05, 0) is 168 Å². The van der Waals surface area contributed by atoms with Gasteiger partial charge >= 0.3 is 7.12 Å². The van der Waals surface area contributed by atoms with Crippen LogP contribution < -0.4 is 0 Å². The minimum atomic E-state index is -0.256. The molecule has 254 valence electrons. The van der Waals surface area contributed by atoms with Gasteiger partial charge in [-0.3, -0.25) is 0 Å². The summed E-state index contributed by atoms with van der Waals surface area (Å²) in [6, 6.07) is 0. The van der Waals surface area contributed by atoms with Gasteiger partial charge in [0.25, 0.3) is 0 Å². The molecule has 4 saturated carbocycles. The van der Waals surface area contributed by atoms with Crippen LogP contribution in [0.25, 0.3) is 0 Å². The Labute approximate surface area is 291 Å². The molecule has 10 aliphatic rings. The molecule has 0 aromatic rings. The first-order valence-corrected chi connectivity index (χ1v) is 20.5. The van der Waals surface area contributed by atoms with Crippen molar-refractivity contribution in [2.75, 3.05) is 0 Å². The first-order chi connectivity index (χ1) is 23.3. The summed E-state index contributed by atoms with van der Waals surface area (Å²) < 4.78 is 12.9. The van der Waals surface area contributed by atoms with Crippen LogP contribution in [0.2, 0.25) is 6.32 Å². The summed E-state index contributed by atoms with van der Waals surface area (Å²) in [4.78, 5) is 0. The van der Waals surface area contributed by atoms with E-state index in [2.05, 4.69) is 76.3 Å². The average molecular weight is 643 g/mol. The van der Waals surface area contributed by atoms with E-state index in [1.807, 2.05) is 22.3 Å². The largest absolute Gasteiger partial charge is 0.458 e. The zero-order valence-corrected chi connectivity index (χ0v) is 30.3. The van der Waals surface area contributed by atoms with Crippen LogP contribution in [0.3, 0.4) is 0 Å². The summed E-state index contributed by atoms with van der Waals surface area (Å²) in [6.45, 7) is 8.72. The van der Waals surface area contributed by atoms with Gasteiger partial charge in [0.15, 0.2) is 0 Å². The highest BCUT2D eigenvalue weighted by atomic mass is 16.7. The van der Waals surface area contributed by atoms with Crippen molar-refractivity contribution in [3.8, 4) is 0 Å². The molecule has 9 aliphatic carbocycles. The quantitative estimate of drug-likeness (QED) is 0.285. The Morgan fingerprint density at radius 2 is 1.42 bits per heavy atom. The van der Waals surface area contributed by atoms with Crippen molar-refractivity contribution in [3.63, 3.8) is 0 Å². The highest BCUT2D eigenvalue weighted by Crippen LogP contribution is 2.76. The first kappa shape index (κ1) is 30.9. The van der Waals surface area contributed by atoms with Crippen molar-refractivity contribution in [3.05, 3.63) is 82.0 Å². The second-order valence-corrected chi connectivity index (χ2v) is 18.8. The SMILES string of the molecule is CC1(C)OB(CCC2=CC3C4C=CC=CC4C4(C5CC6=C(C=C5C5CCCCC54)C4=C(CCCC4)C4CCCCC64)C3C=C2)OC1(C)C. The third-order valence-electron chi connectivity index (χ3n) is 16.5. The third-order valence-corrected chi connectivity index (χ3v) is 16.5. The topological polar surface area (TPSA) is 18.5 Å². The second-order valence-electron chi connectivity index (χ2n) is 18.8. The van der Waals surface area contributed by atoms with E-state index < -0.39 is 0 Å². The lowest BCUT2D eigenvalue weighted by Gasteiger charge is -2.50. The molecule has 0 amide bonds. The summed E-state index contributed by atoms with van der Waals surface area (Å²) in [5.41, 5.74) is 10.8. The molecule has 0 aromatic carbocycles. The van der Waals surface area contributed by atoms with E-state index in [-0.39, 0.29) is 18.3 Å². The Bertz CT molecular complexity index is 1580. The maximum atomic E-state index is 6.43. The van der Waals surface area contributed by atoms with Crippen LogP contribution in [-0.4, -0.2) is 18.3 Å². The summed E-state index contributed by atoms with van der Waals surface area (Å²) >= 11 is 0. The highest BCUT2D eigenvalue weighted by Gasteiger charge is 2.70. The molecule has 1 heterocycles. The molecule has 0 radical (unpaired) electrons. The van der Waals surface area contributed by atoms with Gasteiger partial charge in [-0.25, -0.2) is 0 Å². The summed E-state index contributed by atoms with van der Waals surface area (Å²) in [5.74, 6) is 6.57. The van der Waals surface area contributed by atoms with Crippen LogP contribution in [0.5, 0.6) is 0 Å². The molecule has 48 heavy (non-hydrogen) atoms. The monoisotopic (exact) mass is 642 g/mol. The van der Waals surface area contributed by atoms with E-state index in [4.69, 9.17) is 9.31 Å². The zero-order chi connectivity index (χ0) is 32.4. The van der Waals surface area contributed by atoms with Crippen LogP contribution in [-0.2, 0) is 9.31 Å².